The molecule has 0 saturated heterocycles. The molecule has 15 heavy (non-hydrogen) atoms. The fraction of sp³-hybridized carbons (Fsp3) is 0.333. The summed E-state index contributed by atoms with van der Waals surface area (Å²) in [6, 6.07) is 8.70. The normalized spacial score (nSPS) is 11.1. The molecule has 0 spiro atoms. The predicted molar refractivity (Wildman–Crippen MR) is 67.1 cm³/mol. The number of hydrogen-bond acceptors (Lipinski definition) is 3. The maximum absolute atomic E-state index is 5.62. The lowest BCUT2D eigenvalue weighted by atomic mass is 10.1. The first kappa shape index (κ1) is 10.6. The van der Waals surface area contributed by atoms with Crippen LogP contribution in [0.2, 0.25) is 0 Å². The van der Waals surface area contributed by atoms with Crippen molar-refractivity contribution in [1.29, 1.82) is 0 Å². The highest BCUT2D eigenvalue weighted by Crippen LogP contribution is 2.26. The Balaban J connectivity index is 2.29. The first-order chi connectivity index (χ1) is 7.33. The SMILES string of the molecule is CCNCc1cc2cc(CN)ccc2s1. The summed E-state index contributed by atoms with van der Waals surface area (Å²) in [7, 11) is 0. The van der Waals surface area contributed by atoms with E-state index in [2.05, 4.69) is 36.5 Å². The first-order valence-corrected chi connectivity index (χ1v) is 6.07. The van der Waals surface area contributed by atoms with E-state index in [0.29, 0.717) is 6.54 Å². The molecule has 2 aromatic rings. The third-order valence-electron chi connectivity index (χ3n) is 2.42. The molecular weight excluding hydrogens is 204 g/mol. The summed E-state index contributed by atoms with van der Waals surface area (Å²) in [5, 5.41) is 4.66. The Morgan fingerprint density at radius 2 is 2.20 bits per heavy atom. The number of nitrogens with two attached hydrogens (primary N) is 1. The predicted octanol–water partition coefficient (Wildman–Crippen LogP) is 2.47. The highest BCUT2D eigenvalue weighted by Gasteiger charge is 2.01. The van der Waals surface area contributed by atoms with Crippen LogP contribution in [0.4, 0.5) is 0 Å². The van der Waals surface area contributed by atoms with Gasteiger partial charge in [-0.25, -0.2) is 0 Å². The molecule has 2 nitrogen and oxygen atoms in total. The lowest BCUT2D eigenvalue weighted by molar-refractivity contribution is 0.736. The number of nitrogens with one attached hydrogen (secondary N) is 1. The van der Waals surface area contributed by atoms with Gasteiger partial charge in [0.15, 0.2) is 0 Å². The smallest absolute Gasteiger partial charge is 0.0346 e. The van der Waals surface area contributed by atoms with Crippen molar-refractivity contribution in [2.24, 2.45) is 5.73 Å². The zero-order valence-electron chi connectivity index (χ0n) is 8.92. The van der Waals surface area contributed by atoms with Crippen LogP contribution in [0.15, 0.2) is 24.3 Å². The van der Waals surface area contributed by atoms with Crippen LogP contribution < -0.4 is 11.1 Å². The summed E-state index contributed by atoms with van der Waals surface area (Å²) in [6.07, 6.45) is 0. The zero-order chi connectivity index (χ0) is 10.7. The van der Waals surface area contributed by atoms with Gasteiger partial charge in [0.2, 0.25) is 0 Å². The van der Waals surface area contributed by atoms with Gasteiger partial charge in [-0.15, -0.1) is 11.3 Å². The van der Waals surface area contributed by atoms with Gasteiger partial charge in [-0.2, -0.15) is 0 Å². The summed E-state index contributed by atoms with van der Waals surface area (Å²) >= 11 is 1.85. The van der Waals surface area contributed by atoms with Crippen molar-refractivity contribution >= 4 is 21.4 Å². The second-order valence-electron chi connectivity index (χ2n) is 3.57. The molecule has 0 radical (unpaired) electrons. The Morgan fingerprint density at radius 1 is 1.33 bits per heavy atom. The lowest BCUT2D eigenvalue weighted by Crippen LogP contribution is -2.10. The highest BCUT2D eigenvalue weighted by atomic mass is 32.1. The molecule has 0 bridgehead atoms. The van der Waals surface area contributed by atoms with Crippen molar-refractivity contribution in [2.75, 3.05) is 6.54 Å². The minimum atomic E-state index is 0.619. The van der Waals surface area contributed by atoms with Gasteiger partial charge in [-0.05, 0) is 35.7 Å². The number of benzene rings is 1. The first-order valence-electron chi connectivity index (χ1n) is 5.25. The molecule has 80 valence electrons. The topological polar surface area (TPSA) is 38.0 Å². The van der Waals surface area contributed by atoms with E-state index in [1.54, 1.807) is 0 Å². The maximum Gasteiger partial charge on any atom is 0.0346 e. The van der Waals surface area contributed by atoms with Crippen molar-refractivity contribution in [1.82, 2.24) is 5.32 Å². The molecule has 0 unspecified atom stereocenters. The van der Waals surface area contributed by atoms with Gasteiger partial charge >= 0.3 is 0 Å². The molecule has 0 saturated carbocycles. The van der Waals surface area contributed by atoms with E-state index < -0.39 is 0 Å². The van der Waals surface area contributed by atoms with Gasteiger partial charge in [0.1, 0.15) is 0 Å². The van der Waals surface area contributed by atoms with Gasteiger partial charge in [0, 0.05) is 22.7 Å². The molecule has 2 rings (SSSR count). The molecule has 0 aliphatic rings. The Labute approximate surface area is 94.1 Å². The van der Waals surface area contributed by atoms with Crippen LogP contribution in [0.5, 0.6) is 0 Å². The van der Waals surface area contributed by atoms with Gasteiger partial charge in [-0.1, -0.05) is 13.0 Å². The van der Waals surface area contributed by atoms with Crippen LogP contribution in [-0.2, 0) is 13.1 Å². The van der Waals surface area contributed by atoms with Crippen LogP contribution in [0.25, 0.3) is 10.1 Å². The second-order valence-corrected chi connectivity index (χ2v) is 4.74. The van der Waals surface area contributed by atoms with Crippen molar-refractivity contribution in [3.63, 3.8) is 0 Å². The fourth-order valence-electron chi connectivity index (χ4n) is 1.61. The van der Waals surface area contributed by atoms with Crippen LogP contribution in [-0.4, -0.2) is 6.54 Å². The minimum Gasteiger partial charge on any atom is -0.326 e. The number of fused-ring (bicyclic) bond motifs is 1. The van der Waals surface area contributed by atoms with Crippen molar-refractivity contribution < 1.29 is 0 Å². The van der Waals surface area contributed by atoms with E-state index >= 15 is 0 Å². The molecule has 0 atom stereocenters. The number of thiophene rings is 1. The van der Waals surface area contributed by atoms with Crippen molar-refractivity contribution in [2.45, 2.75) is 20.0 Å². The number of rotatable bonds is 4. The summed E-state index contributed by atoms with van der Waals surface area (Å²) < 4.78 is 1.35. The molecule has 0 aliphatic heterocycles. The molecule has 0 aliphatic carbocycles. The zero-order valence-corrected chi connectivity index (χ0v) is 9.73. The average Bonchev–Trinajstić information content (AvgIpc) is 2.67. The maximum atomic E-state index is 5.62. The van der Waals surface area contributed by atoms with Crippen LogP contribution in [0.1, 0.15) is 17.4 Å². The Morgan fingerprint density at radius 3 is 2.93 bits per heavy atom. The molecule has 0 amide bonds. The molecule has 1 heterocycles. The van der Waals surface area contributed by atoms with E-state index in [9.17, 15) is 0 Å². The molecule has 3 heteroatoms. The Bertz CT molecular complexity index is 448. The Hall–Kier alpha value is -0.900. The van der Waals surface area contributed by atoms with E-state index in [-0.39, 0.29) is 0 Å². The summed E-state index contributed by atoms with van der Waals surface area (Å²) in [5.41, 5.74) is 6.82. The molecule has 1 aromatic heterocycles. The van der Waals surface area contributed by atoms with Gasteiger partial charge in [0.05, 0.1) is 0 Å². The molecule has 3 N–H and O–H groups in total. The van der Waals surface area contributed by atoms with Gasteiger partial charge < -0.3 is 11.1 Å². The van der Waals surface area contributed by atoms with E-state index in [1.165, 1.54) is 20.5 Å². The van der Waals surface area contributed by atoms with Crippen LogP contribution in [0.3, 0.4) is 0 Å². The van der Waals surface area contributed by atoms with Gasteiger partial charge in [-0.3, -0.25) is 0 Å². The fourth-order valence-corrected chi connectivity index (χ4v) is 2.62. The van der Waals surface area contributed by atoms with Crippen molar-refractivity contribution in [3.05, 3.63) is 34.7 Å². The van der Waals surface area contributed by atoms with E-state index in [0.717, 1.165) is 13.1 Å². The van der Waals surface area contributed by atoms with Gasteiger partial charge in [0.25, 0.3) is 0 Å². The Kier molecular flexibility index (Phi) is 3.36. The third kappa shape index (κ3) is 2.37. The second kappa shape index (κ2) is 4.75. The van der Waals surface area contributed by atoms with E-state index in [4.69, 9.17) is 5.73 Å². The molecule has 1 aromatic carbocycles. The lowest BCUT2D eigenvalue weighted by Gasteiger charge is -1.95. The molecule has 0 fully saturated rings. The standard InChI is InChI=1S/C12H16N2S/c1-2-14-8-11-6-10-5-9(7-13)3-4-12(10)15-11/h3-6,14H,2,7-8,13H2,1H3. The average molecular weight is 220 g/mol. The molecular formula is C12H16N2S. The third-order valence-corrected chi connectivity index (χ3v) is 3.53. The number of hydrogen-bond donors (Lipinski definition) is 2. The summed E-state index contributed by atoms with van der Waals surface area (Å²) in [5.74, 6) is 0. The van der Waals surface area contributed by atoms with Crippen LogP contribution >= 0.6 is 11.3 Å². The van der Waals surface area contributed by atoms with Crippen molar-refractivity contribution in [3.8, 4) is 0 Å². The minimum absolute atomic E-state index is 0.619. The quantitative estimate of drug-likeness (QED) is 0.830. The summed E-state index contributed by atoms with van der Waals surface area (Å²) in [6.45, 7) is 4.73. The van der Waals surface area contributed by atoms with Crippen LogP contribution in [0, 0.1) is 0 Å². The summed E-state index contributed by atoms with van der Waals surface area (Å²) in [4.78, 5) is 1.39. The monoisotopic (exact) mass is 220 g/mol. The highest BCUT2D eigenvalue weighted by molar-refractivity contribution is 7.19. The van der Waals surface area contributed by atoms with E-state index in [1.807, 2.05) is 11.3 Å². The largest absolute Gasteiger partial charge is 0.326 e.